The molecule has 160 valence electrons. The molecule has 0 radical (unpaired) electrons. The van der Waals surface area contributed by atoms with E-state index in [1.54, 1.807) is 38.1 Å². The van der Waals surface area contributed by atoms with Crippen LogP contribution in [0.3, 0.4) is 0 Å². The standard InChI is InChI=1S/C23H22FN3O4/c1-3-26(14-17-8-7-9-18(24)13-17)21(29)15-31-23(30)22-20(28)12-16(2)27(25-22)19-10-5-4-6-11-19/h4-13H,3,14-15H2,1-2H3. The zero-order chi connectivity index (χ0) is 22.4. The van der Waals surface area contributed by atoms with Gasteiger partial charge in [-0.25, -0.2) is 13.9 Å². The summed E-state index contributed by atoms with van der Waals surface area (Å²) in [4.78, 5) is 38.6. The molecule has 0 aliphatic carbocycles. The van der Waals surface area contributed by atoms with Gasteiger partial charge in [-0.1, -0.05) is 30.3 Å². The molecule has 0 saturated carbocycles. The van der Waals surface area contributed by atoms with Crippen molar-refractivity contribution in [2.45, 2.75) is 20.4 Å². The summed E-state index contributed by atoms with van der Waals surface area (Å²) in [5, 5.41) is 4.13. The van der Waals surface area contributed by atoms with Crippen LogP contribution in [0.2, 0.25) is 0 Å². The Labute approximate surface area is 178 Å². The third kappa shape index (κ3) is 5.42. The minimum atomic E-state index is -0.982. The van der Waals surface area contributed by atoms with E-state index in [-0.39, 0.29) is 6.54 Å². The fourth-order valence-electron chi connectivity index (χ4n) is 3.04. The third-order valence-electron chi connectivity index (χ3n) is 4.63. The molecule has 0 aliphatic heterocycles. The Hall–Kier alpha value is -3.81. The van der Waals surface area contributed by atoms with Gasteiger partial charge in [-0.3, -0.25) is 9.59 Å². The molecular weight excluding hydrogens is 401 g/mol. The highest BCUT2D eigenvalue weighted by Gasteiger charge is 2.20. The van der Waals surface area contributed by atoms with Crippen molar-refractivity contribution < 1.29 is 18.7 Å². The molecule has 0 fully saturated rings. The van der Waals surface area contributed by atoms with Gasteiger partial charge in [0.25, 0.3) is 5.91 Å². The normalized spacial score (nSPS) is 10.5. The molecule has 0 N–H and O–H groups in total. The van der Waals surface area contributed by atoms with Crippen LogP contribution in [0.4, 0.5) is 4.39 Å². The van der Waals surface area contributed by atoms with Crippen molar-refractivity contribution in [3.63, 3.8) is 0 Å². The minimum Gasteiger partial charge on any atom is -0.451 e. The molecule has 1 heterocycles. The van der Waals surface area contributed by atoms with Crippen LogP contribution in [0.5, 0.6) is 0 Å². The third-order valence-corrected chi connectivity index (χ3v) is 4.63. The number of aryl methyl sites for hydroxylation is 1. The fraction of sp³-hybridized carbons (Fsp3) is 0.217. The Kier molecular flexibility index (Phi) is 6.92. The highest BCUT2D eigenvalue weighted by molar-refractivity contribution is 5.89. The van der Waals surface area contributed by atoms with E-state index >= 15 is 0 Å². The molecule has 0 unspecified atom stereocenters. The fourth-order valence-corrected chi connectivity index (χ4v) is 3.04. The lowest BCUT2D eigenvalue weighted by Gasteiger charge is -2.21. The number of hydrogen-bond donors (Lipinski definition) is 0. The second-order valence-corrected chi connectivity index (χ2v) is 6.86. The summed E-state index contributed by atoms with van der Waals surface area (Å²) in [5.74, 6) is -1.84. The van der Waals surface area contributed by atoms with Crippen LogP contribution in [0, 0.1) is 12.7 Å². The molecule has 0 bridgehead atoms. The molecule has 0 saturated heterocycles. The number of likely N-dealkylation sites (N-methyl/N-ethyl adjacent to an activating group) is 1. The molecule has 1 aromatic heterocycles. The molecule has 8 heteroatoms. The van der Waals surface area contributed by atoms with Gasteiger partial charge >= 0.3 is 5.97 Å². The first kappa shape index (κ1) is 21.9. The second-order valence-electron chi connectivity index (χ2n) is 6.86. The van der Waals surface area contributed by atoms with Gasteiger partial charge in [0.1, 0.15) is 5.82 Å². The summed E-state index contributed by atoms with van der Waals surface area (Å²) in [6.45, 7) is 3.43. The number of aromatic nitrogens is 2. The molecule has 1 amide bonds. The van der Waals surface area contributed by atoms with Crippen molar-refractivity contribution in [1.29, 1.82) is 0 Å². The first-order valence-electron chi connectivity index (χ1n) is 9.74. The lowest BCUT2D eigenvalue weighted by molar-refractivity contribution is -0.135. The van der Waals surface area contributed by atoms with Crippen molar-refractivity contribution >= 4 is 11.9 Å². The number of esters is 1. The summed E-state index contributed by atoms with van der Waals surface area (Å²) < 4.78 is 19.9. The van der Waals surface area contributed by atoms with Crippen LogP contribution >= 0.6 is 0 Å². The molecule has 3 aromatic rings. The number of hydrogen-bond acceptors (Lipinski definition) is 5. The van der Waals surface area contributed by atoms with Crippen LogP contribution in [0.1, 0.15) is 28.7 Å². The zero-order valence-corrected chi connectivity index (χ0v) is 17.2. The average Bonchev–Trinajstić information content (AvgIpc) is 2.76. The van der Waals surface area contributed by atoms with Crippen molar-refractivity contribution in [2.24, 2.45) is 0 Å². The lowest BCUT2D eigenvalue weighted by Crippen LogP contribution is -2.35. The molecule has 0 spiro atoms. The number of halogens is 1. The first-order chi connectivity index (χ1) is 14.9. The highest BCUT2D eigenvalue weighted by atomic mass is 19.1. The van der Waals surface area contributed by atoms with Gasteiger partial charge in [0.15, 0.2) is 6.61 Å². The van der Waals surface area contributed by atoms with Gasteiger partial charge < -0.3 is 9.64 Å². The Morgan fingerprint density at radius 3 is 2.52 bits per heavy atom. The largest absolute Gasteiger partial charge is 0.451 e. The van der Waals surface area contributed by atoms with Crippen LogP contribution in [0.15, 0.2) is 65.5 Å². The zero-order valence-electron chi connectivity index (χ0n) is 17.2. The van der Waals surface area contributed by atoms with Crippen LogP contribution in [0.25, 0.3) is 5.69 Å². The Morgan fingerprint density at radius 1 is 1.10 bits per heavy atom. The summed E-state index contributed by atoms with van der Waals surface area (Å²) in [6.07, 6.45) is 0. The summed E-state index contributed by atoms with van der Waals surface area (Å²) >= 11 is 0. The van der Waals surface area contributed by atoms with E-state index in [1.807, 2.05) is 18.2 Å². The van der Waals surface area contributed by atoms with Crippen molar-refractivity contribution in [3.8, 4) is 5.69 Å². The van der Waals surface area contributed by atoms with Crippen LogP contribution < -0.4 is 5.43 Å². The predicted octanol–water partition coefficient (Wildman–Crippen LogP) is 2.89. The maximum absolute atomic E-state index is 13.4. The van der Waals surface area contributed by atoms with Gasteiger partial charge in [-0.15, -0.1) is 0 Å². The van der Waals surface area contributed by atoms with Crippen molar-refractivity contribution in [1.82, 2.24) is 14.7 Å². The number of nitrogens with zero attached hydrogens (tertiary/aromatic N) is 3. The number of carbonyl (C=O) groups is 2. The van der Waals surface area contributed by atoms with Gasteiger partial charge in [0.05, 0.1) is 5.69 Å². The lowest BCUT2D eigenvalue weighted by atomic mass is 10.2. The monoisotopic (exact) mass is 423 g/mol. The van der Waals surface area contributed by atoms with Gasteiger partial charge in [0.2, 0.25) is 11.1 Å². The summed E-state index contributed by atoms with van der Waals surface area (Å²) in [7, 11) is 0. The smallest absolute Gasteiger partial charge is 0.363 e. The second kappa shape index (κ2) is 9.80. The average molecular weight is 423 g/mol. The molecule has 3 rings (SSSR count). The topological polar surface area (TPSA) is 81.5 Å². The first-order valence-corrected chi connectivity index (χ1v) is 9.74. The van der Waals surface area contributed by atoms with E-state index in [9.17, 15) is 18.8 Å². The maximum atomic E-state index is 13.4. The van der Waals surface area contributed by atoms with E-state index in [2.05, 4.69) is 5.10 Å². The van der Waals surface area contributed by atoms with E-state index in [1.165, 1.54) is 27.8 Å². The predicted molar refractivity (Wildman–Crippen MR) is 112 cm³/mol. The van der Waals surface area contributed by atoms with Crippen molar-refractivity contribution in [3.05, 3.63) is 93.7 Å². The number of ether oxygens (including phenoxy) is 1. The van der Waals surface area contributed by atoms with Crippen LogP contribution in [-0.4, -0.2) is 39.7 Å². The van der Waals surface area contributed by atoms with Gasteiger partial charge in [0, 0.05) is 24.8 Å². The number of benzene rings is 2. The summed E-state index contributed by atoms with van der Waals surface area (Å²) in [6, 6.07) is 16.2. The molecule has 0 aliphatic rings. The van der Waals surface area contributed by atoms with Gasteiger partial charge in [-0.2, -0.15) is 5.10 Å². The van der Waals surface area contributed by atoms with E-state index in [4.69, 9.17) is 4.74 Å². The molecule has 31 heavy (non-hydrogen) atoms. The highest BCUT2D eigenvalue weighted by Crippen LogP contribution is 2.10. The Morgan fingerprint density at radius 2 is 1.84 bits per heavy atom. The number of carbonyl (C=O) groups excluding carboxylic acids is 2. The molecular formula is C23H22FN3O4. The minimum absolute atomic E-state index is 0.175. The molecule has 0 atom stereocenters. The van der Waals surface area contributed by atoms with E-state index < -0.39 is 35.4 Å². The van der Waals surface area contributed by atoms with E-state index in [0.29, 0.717) is 23.5 Å². The molecule has 7 nitrogen and oxygen atoms in total. The SMILES string of the molecule is CCN(Cc1cccc(F)c1)C(=O)COC(=O)c1nn(-c2ccccc2)c(C)cc1=O. The number of amides is 1. The van der Waals surface area contributed by atoms with Crippen molar-refractivity contribution in [2.75, 3.05) is 13.2 Å². The maximum Gasteiger partial charge on any atom is 0.363 e. The van der Waals surface area contributed by atoms with E-state index in [0.717, 1.165) is 0 Å². The summed E-state index contributed by atoms with van der Waals surface area (Å²) in [5.41, 5.74) is 0.852. The number of para-hydroxylation sites is 1. The Bertz CT molecular complexity index is 1150. The quantitative estimate of drug-likeness (QED) is 0.546. The molecule has 2 aromatic carbocycles. The number of rotatable bonds is 7. The van der Waals surface area contributed by atoms with Gasteiger partial charge in [-0.05, 0) is 43.7 Å². The van der Waals surface area contributed by atoms with Crippen LogP contribution in [-0.2, 0) is 16.1 Å². The Balaban J connectivity index is 1.71.